The first-order chi connectivity index (χ1) is 11.0. The molecule has 2 aromatic carbocycles. The van der Waals surface area contributed by atoms with Gasteiger partial charge in [-0.1, -0.05) is 24.3 Å². The summed E-state index contributed by atoms with van der Waals surface area (Å²) in [6.07, 6.45) is 0. The molecule has 1 amide bonds. The SMILES string of the molecule is COc1ccccc1OCC(=O)N(C)C(C)c1ccc(F)cc1. The van der Waals surface area contributed by atoms with Crippen LogP contribution in [-0.4, -0.2) is 31.6 Å². The molecule has 0 aromatic heterocycles. The lowest BCUT2D eigenvalue weighted by Gasteiger charge is -2.25. The minimum atomic E-state index is -0.297. The average molecular weight is 317 g/mol. The lowest BCUT2D eigenvalue weighted by atomic mass is 10.1. The van der Waals surface area contributed by atoms with Crippen LogP contribution in [0.5, 0.6) is 11.5 Å². The number of amides is 1. The molecule has 0 aliphatic heterocycles. The fourth-order valence-corrected chi connectivity index (χ4v) is 2.16. The van der Waals surface area contributed by atoms with Gasteiger partial charge in [0.25, 0.3) is 5.91 Å². The Hall–Kier alpha value is -2.56. The van der Waals surface area contributed by atoms with Crippen LogP contribution in [0.1, 0.15) is 18.5 Å². The molecule has 5 heteroatoms. The first-order valence-corrected chi connectivity index (χ1v) is 7.30. The molecule has 2 aromatic rings. The van der Waals surface area contributed by atoms with E-state index in [9.17, 15) is 9.18 Å². The third-order valence-corrected chi connectivity index (χ3v) is 3.75. The standard InChI is InChI=1S/C18H20FNO3/c1-13(14-8-10-15(19)11-9-14)20(2)18(21)12-23-17-7-5-4-6-16(17)22-3/h4-11,13H,12H2,1-3H3. The summed E-state index contributed by atoms with van der Waals surface area (Å²) >= 11 is 0. The summed E-state index contributed by atoms with van der Waals surface area (Å²) in [6.45, 7) is 1.79. The van der Waals surface area contributed by atoms with Crippen LogP contribution < -0.4 is 9.47 Å². The summed E-state index contributed by atoms with van der Waals surface area (Å²) in [5.41, 5.74) is 0.861. The summed E-state index contributed by atoms with van der Waals surface area (Å²) in [5, 5.41) is 0. The summed E-state index contributed by atoms with van der Waals surface area (Å²) in [4.78, 5) is 13.9. The zero-order valence-corrected chi connectivity index (χ0v) is 13.5. The van der Waals surface area contributed by atoms with Gasteiger partial charge in [-0.25, -0.2) is 4.39 Å². The minimum absolute atomic E-state index is 0.0948. The molecule has 0 fully saturated rings. The first kappa shape index (κ1) is 16.8. The van der Waals surface area contributed by atoms with Crippen molar-refractivity contribution in [3.05, 3.63) is 59.9 Å². The number of hydrogen-bond donors (Lipinski definition) is 0. The van der Waals surface area contributed by atoms with Crippen LogP contribution >= 0.6 is 0 Å². The molecule has 0 saturated heterocycles. The number of methoxy groups -OCH3 is 1. The maximum atomic E-state index is 13.0. The van der Waals surface area contributed by atoms with Gasteiger partial charge in [-0.05, 0) is 36.8 Å². The van der Waals surface area contributed by atoms with Crippen molar-refractivity contribution in [3.8, 4) is 11.5 Å². The number of benzene rings is 2. The highest BCUT2D eigenvalue weighted by molar-refractivity contribution is 5.78. The van der Waals surface area contributed by atoms with Crippen LogP contribution in [0.4, 0.5) is 4.39 Å². The van der Waals surface area contributed by atoms with Crippen molar-refractivity contribution < 1.29 is 18.7 Å². The number of likely N-dealkylation sites (N-methyl/N-ethyl adjacent to an activating group) is 1. The molecule has 1 atom stereocenters. The number of rotatable bonds is 6. The molecule has 0 saturated carbocycles. The smallest absolute Gasteiger partial charge is 0.260 e. The Kier molecular flexibility index (Phi) is 5.57. The van der Waals surface area contributed by atoms with E-state index in [0.29, 0.717) is 11.5 Å². The van der Waals surface area contributed by atoms with Gasteiger partial charge in [0, 0.05) is 7.05 Å². The highest BCUT2D eigenvalue weighted by Gasteiger charge is 2.18. The fourth-order valence-electron chi connectivity index (χ4n) is 2.16. The molecule has 0 spiro atoms. The van der Waals surface area contributed by atoms with Crippen molar-refractivity contribution in [1.82, 2.24) is 4.90 Å². The van der Waals surface area contributed by atoms with Crippen molar-refractivity contribution in [2.24, 2.45) is 0 Å². The van der Waals surface area contributed by atoms with E-state index in [2.05, 4.69) is 0 Å². The molecule has 0 bridgehead atoms. The molecule has 0 radical (unpaired) electrons. The van der Waals surface area contributed by atoms with Crippen LogP contribution in [0.3, 0.4) is 0 Å². The minimum Gasteiger partial charge on any atom is -0.493 e. The highest BCUT2D eigenvalue weighted by atomic mass is 19.1. The van der Waals surface area contributed by atoms with Crippen molar-refractivity contribution in [1.29, 1.82) is 0 Å². The number of nitrogens with zero attached hydrogens (tertiary/aromatic N) is 1. The molecule has 0 aliphatic rings. The van der Waals surface area contributed by atoms with Gasteiger partial charge in [-0.2, -0.15) is 0 Å². The maximum absolute atomic E-state index is 13.0. The van der Waals surface area contributed by atoms with E-state index in [1.165, 1.54) is 12.1 Å². The van der Waals surface area contributed by atoms with Crippen molar-refractivity contribution in [3.63, 3.8) is 0 Å². The van der Waals surface area contributed by atoms with Gasteiger partial charge in [-0.15, -0.1) is 0 Å². The Morgan fingerprint density at radius 2 is 1.74 bits per heavy atom. The van der Waals surface area contributed by atoms with Crippen molar-refractivity contribution in [2.45, 2.75) is 13.0 Å². The Morgan fingerprint density at radius 1 is 1.13 bits per heavy atom. The summed E-state index contributed by atoms with van der Waals surface area (Å²) in [6, 6.07) is 13.1. The van der Waals surface area contributed by atoms with Crippen LogP contribution in [0.25, 0.3) is 0 Å². The second-order valence-corrected chi connectivity index (χ2v) is 5.17. The number of carbonyl (C=O) groups excluding carboxylic acids is 1. The lowest BCUT2D eigenvalue weighted by Crippen LogP contribution is -2.33. The van der Waals surface area contributed by atoms with Gasteiger partial charge >= 0.3 is 0 Å². The first-order valence-electron chi connectivity index (χ1n) is 7.30. The van der Waals surface area contributed by atoms with E-state index in [0.717, 1.165) is 5.56 Å². The second kappa shape index (κ2) is 7.63. The predicted molar refractivity (Wildman–Crippen MR) is 86.1 cm³/mol. The normalized spacial score (nSPS) is 11.7. The number of para-hydroxylation sites is 2. The van der Waals surface area contributed by atoms with Crippen LogP contribution in [-0.2, 0) is 4.79 Å². The number of halogens is 1. The molecule has 1 unspecified atom stereocenters. The van der Waals surface area contributed by atoms with Gasteiger partial charge in [0.05, 0.1) is 13.2 Å². The average Bonchev–Trinajstić information content (AvgIpc) is 2.59. The fraction of sp³-hybridized carbons (Fsp3) is 0.278. The van der Waals surface area contributed by atoms with Gasteiger partial charge in [0.2, 0.25) is 0 Å². The second-order valence-electron chi connectivity index (χ2n) is 5.17. The van der Waals surface area contributed by atoms with Gasteiger partial charge in [-0.3, -0.25) is 4.79 Å². The Morgan fingerprint density at radius 3 is 2.35 bits per heavy atom. The summed E-state index contributed by atoms with van der Waals surface area (Å²) < 4.78 is 23.7. The van der Waals surface area contributed by atoms with E-state index in [4.69, 9.17) is 9.47 Å². The molecule has 122 valence electrons. The third-order valence-electron chi connectivity index (χ3n) is 3.75. The lowest BCUT2D eigenvalue weighted by molar-refractivity contribution is -0.134. The summed E-state index contributed by atoms with van der Waals surface area (Å²) in [7, 11) is 3.24. The molecule has 0 aliphatic carbocycles. The third kappa shape index (κ3) is 4.22. The van der Waals surface area contributed by atoms with E-state index < -0.39 is 0 Å². The molecule has 4 nitrogen and oxygen atoms in total. The zero-order valence-electron chi connectivity index (χ0n) is 13.5. The number of ether oxygens (including phenoxy) is 2. The van der Waals surface area contributed by atoms with E-state index >= 15 is 0 Å². The molecule has 23 heavy (non-hydrogen) atoms. The van der Waals surface area contributed by atoms with Crippen molar-refractivity contribution >= 4 is 5.91 Å². The van der Waals surface area contributed by atoms with E-state index in [1.54, 1.807) is 43.3 Å². The molecular formula is C18H20FNO3. The molecule has 2 rings (SSSR count). The highest BCUT2D eigenvalue weighted by Crippen LogP contribution is 2.26. The van der Waals surface area contributed by atoms with Crippen molar-refractivity contribution in [2.75, 3.05) is 20.8 Å². The van der Waals surface area contributed by atoms with E-state index in [1.807, 2.05) is 19.1 Å². The molecular weight excluding hydrogens is 297 g/mol. The quantitative estimate of drug-likeness (QED) is 0.819. The van der Waals surface area contributed by atoms with Gasteiger partial charge in [0.1, 0.15) is 5.82 Å². The van der Waals surface area contributed by atoms with Gasteiger partial charge < -0.3 is 14.4 Å². The van der Waals surface area contributed by atoms with Crippen LogP contribution in [0.2, 0.25) is 0 Å². The zero-order chi connectivity index (χ0) is 16.8. The van der Waals surface area contributed by atoms with Crippen LogP contribution in [0, 0.1) is 5.82 Å². The maximum Gasteiger partial charge on any atom is 0.260 e. The Bertz CT molecular complexity index is 658. The number of carbonyl (C=O) groups is 1. The Labute approximate surface area is 135 Å². The predicted octanol–water partition coefficient (Wildman–Crippen LogP) is 3.43. The number of hydrogen-bond acceptors (Lipinski definition) is 3. The van der Waals surface area contributed by atoms with Gasteiger partial charge in [0.15, 0.2) is 18.1 Å². The largest absolute Gasteiger partial charge is 0.493 e. The molecule has 0 heterocycles. The summed E-state index contributed by atoms with van der Waals surface area (Å²) in [5.74, 6) is 0.628. The Balaban J connectivity index is 1.98. The topological polar surface area (TPSA) is 38.8 Å². The molecule has 0 N–H and O–H groups in total. The van der Waals surface area contributed by atoms with Crippen LogP contribution in [0.15, 0.2) is 48.5 Å². The monoisotopic (exact) mass is 317 g/mol. The van der Waals surface area contributed by atoms with E-state index in [-0.39, 0.29) is 24.4 Å².